The Hall–Kier alpha value is -3.42. The number of hydrogen-bond acceptors (Lipinski definition) is 4. The van der Waals surface area contributed by atoms with E-state index in [1.165, 1.54) is 19.2 Å². The monoisotopic (exact) mass is 385 g/mol. The number of aromatic nitrogens is 2. The fourth-order valence-corrected chi connectivity index (χ4v) is 3.12. The third-order valence-corrected chi connectivity index (χ3v) is 4.30. The maximum Gasteiger partial charge on any atom is 0.416 e. The van der Waals surface area contributed by atoms with Crippen LogP contribution in [0.1, 0.15) is 35.7 Å². The summed E-state index contributed by atoms with van der Waals surface area (Å²) < 4.78 is 46.9. The van der Waals surface area contributed by atoms with E-state index in [2.05, 4.69) is 9.98 Å². The molecule has 0 spiro atoms. The normalized spacial score (nSPS) is 15.9. The van der Waals surface area contributed by atoms with Crippen LogP contribution >= 0.6 is 0 Å². The molecule has 8 heteroatoms. The highest BCUT2D eigenvalue weighted by Gasteiger charge is 2.34. The van der Waals surface area contributed by atoms with Gasteiger partial charge in [0.15, 0.2) is 5.82 Å². The molecule has 1 aromatic heterocycles. The summed E-state index contributed by atoms with van der Waals surface area (Å²) in [5, 5.41) is 0. The minimum absolute atomic E-state index is 0.273. The van der Waals surface area contributed by atoms with Gasteiger partial charge in [0.05, 0.1) is 17.0 Å². The molecule has 0 aliphatic carbocycles. The number of benzene rings is 2. The van der Waals surface area contributed by atoms with Gasteiger partial charge < -0.3 is 4.74 Å². The highest BCUT2D eigenvalue weighted by Crippen LogP contribution is 2.35. The number of ether oxygens (including phenoxy) is 1. The molecule has 4 rings (SSSR count). The molecule has 0 fully saturated rings. The molecule has 3 aromatic rings. The molecule has 0 radical (unpaired) electrons. The second kappa shape index (κ2) is 6.63. The van der Waals surface area contributed by atoms with Crippen molar-refractivity contribution in [3.8, 4) is 5.69 Å². The van der Waals surface area contributed by atoms with Crippen LogP contribution in [0.2, 0.25) is 0 Å². The van der Waals surface area contributed by atoms with Crippen LogP contribution in [-0.2, 0) is 15.7 Å². The number of aliphatic imine (C=N–C) groups is 1. The molecule has 2 heterocycles. The van der Waals surface area contributed by atoms with Crippen molar-refractivity contribution in [3.05, 3.63) is 83.4 Å². The summed E-state index contributed by atoms with van der Waals surface area (Å²) in [7, 11) is 0. The zero-order valence-corrected chi connectivity index (χ0v) is 14.6. The number of carbonyl (C=O) groups excluding carboxylic acids is 1. The Morgan fingerprint density at radius 2 is 1.89 bits per heavy atom. The van der Waals surface area contributed by atoms with Gasteiger partial charge in [0.1, 0.15) is 0 Å². The van der Waals surface area contributed by atoms with Gasteiger partial charge in [-0.3, -0.25) is 9.36 Å². The number of halogens is 3. The topological polar surface area (TPSA) is 56.5 Å². The van der Waals surface area contributed by atoms with Crippen LogP contribution in [0.5, 0.6) is 0 Å². The van der Waals surface area contributed by atoms with Crippen molar-refractivity contribution < 1.29 is 22.7 Å². The van der Waals surface area contributed by atoms with E-state index in [4.69, 9.17) is 4.74 Å². The Morgan fingerprint density at radius 3 is 2.57 bits per heavy atom. The van der Waals surface area contributed by atoms with E-state index in [9.17, 15) is 18.0 Å². The van der Waals surface area contributed by atoms with E-state index in [-0.39, 0.29) is 5.56 Å². The van der Waals surface area contributed by atoms with E-state index in [0.717, 1.165) is 12.1 Å². The lowest BCUT2D eigenvalue weighted by molar-refractivity contribution is -0.146. The first-order chi connectivity index (χ1) is 13.3. The Labute approximate surface area is 158 Å². The number of carbonyl (C=O) groups is 1. The lowest BCUT2D eigenvalue weighted by atomic mass is 9.98. The molecule has 2 aromatic carbocycles. The second-order valence-electron chi connectivity index (χ2n) is 6.19. The predicted octanol–water partition coefficient (Wildman–Crippen LogP) is 4.30. The lowest BCUT2D eigenvalue weighted by Crippen LogP contribution is -2.12. The third kappa shape index (κ3) is 3.17. The first kappa shape index (κ1) is 18.0. The molecule has 0 N–H and O–H groups in total. The summed E-state index contributed by atoms with van der Waals surface area (Å²) in [6.07, 6.45) is -2.50. The predicted molar refractivity (Wildman–Crippen MR) is 95.2 cm³/mol. The van der Waals surface area contributed by atoms with Gasteiger partial charge in [-0.25, -0.2) is 9.98 Å². The van der Waals surface area contributed by atoms with Crippen molar-refractivity contribution in [2.45, 2.75) is 19.3 Å². The van der Waals surface area contributed by atoms with E-state index in [0.29, 0.717) is 22.8 Å². The van der Waals surface area contributed by atoms with Gasteiger partial charge in [-0.15, -0.1) is 0 Å². The molecule has 0 bridgehead atoms. The summed E-state index contributed by atoms with van der Waals surface area (Å²) in [5.74, 6) is -0.264. The second-order valence-corrected chi connectivity index (χ2v) is 6.19. The number of imidazole rings is 1. The summed E-state index contributed by atoms with van der Waals surface area (Å²) in [5.41, 5.74) is 0.847. The Bertz CT molecular complexity index is 1070. The molecule has 0 saturated heterocycles. The van der Waals surface area contributed by atoms with Crippen molar-refractivity contribution in [1.82, 2.24) is 9.55 Å². The van der Waals surface area contributed by atoms with Gasteiger partial charge in [-0.2, -0.15) is 13.2 Å². The van der Waals surface area contributed by atoms with Gasteiger partial charge in [0, 0.05) is 30.4 Å². The van der Waals surface area contributed by atoms with Crippen LogP contribution in [0, 0.1) is 0 Å². The number of nitrogens with zero attached hydrogens (tertiary/aromatic N) is 3. The van der Waals surface area contributed by atoms with Crippen LogP contribution in [0.3, 0.4) is 0 Å². The van der Waals surface area contributed by atoms with Crippen molar-refractivity contribution in [2.24, 2.45) is 4.99 Å². The Balaban J connectivity index is 2.01. The first-order valence-corrected chi connectivity index (χ1v) is 8.40. The lowest BCUT2D eigenvalue weighted by Gasteiger charge is -2.14. The Kier molecular flexibility index (Phi) is 4.26. The van der Waals surface area contributed by atoms with Crippen molar-refractivity contribution >= 4 is 11.7 Å². The molecule has 28 heavy (non-hydrogen) atoms. The maximum absolute atomic E-state index is 13.3. The fourth-order valence-electron chi connectivity index (χ4n) is 3.12. The van der Waals surface area contributed by atoms with Gasteiger partial charge in [0.2, 0.25) is 0 Å². The van der Waals surface area contributed by atoms with Crippen molar-refractivity contribution in [3.63, 3.8) is 0 Å². The fraction of sp³-hybridized carbons (Fsp3) is 0.150. The van der Waals surface area contributed by atoms with Gasteiger partial charge in [0.25, 0.3) is 6.23 Å². The van der Waals surface area contributed by atoms with E-state index >= 15 is 0 Å². The van der Waals surface area contributed by atoms with Crippen molar-refractivity contribution in [2.75, 3.05) is 0 Å². The first-order valence-electron chi connectivity index (χ1n) is 8.40. The number of fused-ring (bicyclic) bond motifs is 3. The SMILES string of the molecule is CC(=O)OC1N=C(c2ccccc2)c2cc(C(F)(F)F)ccc2-n2ccnc21. The average molecular weight is 385 g/mol. The van der Waals surface area contributed by atoms with E-state index < -0.39 is 23.9 Å². The van der Waals surface area contributed by atoms with Crippen LogP contribution in [0.15, 0.2) is 65.9 Å². The van der Waals surface area contributed by atoms with Crippen LogP contribution in [-0.4, -0.2) is 21.2 Å². The molecular formula is C20H14F3N3O2. The molecule has 1 unspecified atom stereocenters. The van der Waals surface area contributed by atoms with Gasteiger partial charge >= 0.3 is 12.1 Å². The average Bonchev–Trinajstić information content (AvgIpc) is 3.09. The summed E-state index contributed by atoms with van der Waals surface area (Å²) in [4.78, 5) is 20.3. The molecule has 1 aliphatic rings. The molecular weight excluding hydrogens is 371 g/mol. The highest BCUT2D eigenvalue weighted by molar-refractivity contribution is 6.15. The van der Waals surface area contributed by atoms with Crippen LogP contribution < -0.4 is 0 Å². The molecule has 142 valence electrons. The molecule has 1 atom stereocenters. The Morgan fingerprint density at radius 1 is 1.14 bits per heavy atom. The minimum Gasteiger partial charge on any atom is -0.432 e. The highest BCUT2D eigenvalue weighted by atomic mass is 19.4. The van der Waals surface area contributed by atoms with Gasteiger partial charge in [-0.05, 0) is 18.2 Å². The number of rotatable bonds is 2. The molecule has 0 amide bonds. The smallest absolute Gasteiger partial charge is 0.416 e. The van der Waals surface area contributed by atoms with E-state index in [1.807, 2.05) is 0 Å². The zero-order valence-electron chi connectivity index (χ0n) is 14.6. The van der Waals surface area contributed by atoms with Gasteiger partial charge in [-0.1, -0.05) is 30.3 Å². The van der Waals surface area contributed by atoms with Crippen LogP contribution in [0.4, 0.5) is 13.2 Å². The van der Waals surface area contributed by atoms with Crippen molar-refractivity contribution in [1.29, 1.82) is 0 Å². The summed E-state index contributed by atoms with van der Waals surface area (Å²) in [6, 6.07) is 12.2. The van der Waals surface area contributed by atoms with Crippen LogP contribution in [0.25, 0.3) is 5.69 Å². The molecule has 0 saturated carbocycles. The zero-order chi connectivity index (χ0) is 19.9. The number of hydrogen-bond donors (Lipinski definition) is 0. The molecule has 5 nitrogen and oxygen atoms in total. The summed E-state index contributed by atoms with van der Waals surface area (Å²) >= 11 is 0. The third-order valence-electron chi connectivity index (χ3n) is 4.30. The standard InChI is InChI=1S/C20H14F3N3O2/c1-12(27)28-19-18-24-9-10-26(18)16-8-7-14(20(21,22)23)11-15(16)17(25-19)13-5-3-2-4-6-13/h2-11,19H,1H3. The van der Waals surface area contributed by atoms with E-state index in [1.54, 1.807) is 41.1 Å². The summed E-state index contributed by atoms with van der Waals surface area (Å²) in [6.45, 7) is 1.24. The minimum atomic E-state index is -4.50. The maximum atomic E-state index is 13.3. The number of alkyl halides is 3. The molecule has 1 aliphatic heterocycles. The largest absolute Gasteiger partial charge is 0.432 e. The quantitative estimate of drug-likeness (QED) is 0.618. The number of esters is 1.